The summed E-state index contributed by atoms with van der Waals surface area (Å²) < 4.78 is 10.5. The highest BCUT2D eigenvalue weighted by Gasteiger charge is 2.16. The standard InChI is InChI=1S/C9H16O2/c1-6-8(10-7-2)11-9(3,4)5/h1,8H,7H2,2-5H3. The van der Waals surface area contributed by atoms with Gasteiger partial charge in [0.2, 0.25) is 6.29 Å². The maximum atomic E-state index is 5.37. The minimum absolute atomic E-state index is 0.244. The molecule has 0 aliphatic rings. The molecule has 11 heavy (non-hydrogen) atoms. The summed E-state index contributed by atoms with van der Waals surface area (Å²) in [5, 5.41) is 0. The van der Waals surface area contributed by atoms with E-state index in [1.54, 1.807) is 0 Å². The molecule has 0 radical (unpaired) electrons. The van der Waals surface area contributed by atoms with Crippen molar-refractivity contribution >= 4 is 0 Å². The second kappa shape index (κ2) is 4.38. The monoisotopic (exact) mass is 156 g/mol. The molecule has 0 fully saturated rings. The lowest BCUT2D eigenvalue weighted by Gasteiger charge is -2.23. The van der Waals surface area contributed by atoms with E-state index in [2.05, 4.69) is 5.92 Å². The summed E-state index contributed by atoms with van der Waals surface area (Å²) in [6, 6.07) is 0. The number of terminal acetylenes is 1. The normalized spacial score (nSPS) is 14.1. The van der Waals surface area contributed by atoms with Crippen LogP contribution in [-0.2, 0) is 9.47 Å². The molecule has 2 nitrogen and oxygen atoms in total. The zero-order valence-corrected chi connectivity index (χ0v) is 7.68. The van der Waals surface area contributed by atoms with Crippen molar-refractivity contribution in [1.82, 2.24) is 0 Å². The van der Waals surface area contributed by atoms with E-state index in [1.807, 2.05) is 27.7 Å². The maximum absolute atomic E-state index is 5.37. The molecule has 0 N–H and O–H groups in total. The van der Waals surface area contributed by atoms with Crippen molar-refractivity contribution in [3.05, 3.63) is 0 Å². The van der Waals surface area contributed by atoms with Gasteiger partial charge in [0.05, 0.1) is 5.60 Å². The van der Waals surface area contributed by atoms with Crippen LogP contribution in [0.1, 0.15) is 27.7 Å². The van der Waals surface area contributed by atoms with Crippen molar-refractivity contribution in [2.45, 2.75) is 39.6 Å². The van der Waals surface area contributed by atoms with Crippen LogP contribution in [0.5, 0.6) is 0 Å². The molecular weight excluding hydrogens is 140 g/mol. The molecule has 0 aliphatic heterocycles. The van der Waals surface area contributed by atoms with Crippen LogP contribution in [0.3, 0.4) is 0 Å². The van der Waals surface area contributed by atoms with Gasteiger partial charge in [0.25, 0.3) is 0 Å². The van der Waals surface area contributed by atoms with Crippen LogP contribution in [0.4, 0.5) is 0 Å². The number of rotatable bonds is 3. The minimum atomic E-state index is -0.514. The highest BCUT2D eigenvalue weighted by Crippen LogP contribution is 2.10. The predicted molar refractivity (Wildman–Crippen MR) is 45.1 cm³/mol. The Hall–Kier alpha value is -0.520. The molecule has 0 heterocycles. The molecule has 0 bridgehead atoms. The van der Waals surface area contributed by atoms with E-state index < -0.39 is 6.29 Å². The van der Waals surface area contributed by atoms with E-state index in [9.17, 15) is 0 Å². The van der Waals surface area contributed by atoms with Crippen molar-refractivity contribution in [3.63, 3.8) is 0 Å². The Bertz CT molecular complexity index is 139. The van der Waals surface area contributed by atoms with E-state index in [0.29, 0.717) is 6.61 Å². The molecule has 0 saturated heterocycles. The summed E-state index contributed by atoms with van der Waals surface area (Å²) in [5.41, 5.74) is -0.244. The van der Waals surface area contributed by atoms with Gasteiger partial charge in [-0.25, -0.2) is 0 Å². The van der Waals surface area contributed by atoms with Crippen LogP contribution < -0.4 is 0 Å². The van der Waals surface area contributed by atoms with Gasteiger partial charge in [0.15, 0.2) is 0 Å². The highest BCUT2D eigenvalue weighted by molar-refractivity contribution is 4.90. The van der Waals surface area contributed by atoms with Gasteiger partial charge < -0.3 is 9.47 Å². The van der Waals surface area contributed by atoms with Gasteiger partial charge in [-0.15, -0.1) is 6.42 Å². The number of hydrogen-bond acceptors (Lipinski definition) is 2. The third kappa shape index (κ3) is 5.90. The Morgan fingerprint density at radius 3 is 2.27 bits per heavy atom. The average molecular weight is 156 g/mol. The zero-order chi connectivity index (χ0) is 8.91. The Morgan fingerprint density at radius 1 is 1.45 bits per heavy atom. The zero-order valence-electron chi connectivity index (χ0n) is 7.68. The first-order valence-corrected chi connectivity index (χ1v) is 3.75. The molecule has 0 spiro atoms. The molecule has 0 aromatic carbocycles. The molecular formula is C9H16O2. The Labute approximate surface area is 68.9 Å². The van der Waals surface area contributed by atoms with Gasteiger partial charge in [-0.05, 0) is 33.6 Å². The van der Waals surface area contributed by atoms with Gasteiger partial charge >= 0.3 is 0 Å². The molecule has 0 aromatic rings. The first-order valence-electron chi connectivity index (χ1n) is 3.75. The second-order valence-corrected chi connectivity index (χ2v) is 3.18. The van der Waals surface area contributed by atoms with E-state index in [0.717, 1.165) is 0 Å². The van der Waals surface area contributed by atoms with Gasteiger partial charge in [0.1, 0.15) is 0 Å². The van der Waals surface area contributed by atoms with Crippen LogP contribution in [0, 0.1) is 12.3 Å². The quantitative estimate of drug-likeness (QED) is 0.458. The van der Waals surface area contributed by atoms with Crippen LogP contribution in [0.15, 0.2) is 0 Å². The van der Waals surface area contributed by atoms with Gasteiger partial charge in [-0.3, -0.25) is 0 Å². The fourth-order valence-electron chi connectivity index (χ4n) is 0.589. The molecule has 64 valence electrons. The van der Waals surface area contributed by atoms with Crippen LogP contribution in [0.2, 0.25) is 0 Å². The summed E-state index contributed by atoms with van der Waals surface area (Å²) in [7, 11) is 0. The van der Waals surface area contributed by atoms with E-state index in [-0.39, 0.29) is 5.60 Å². The van der Waals surface area contributed by atoms with E-state index in [4.69, 9.17) is 15.9 Å². The lowest BCUT2D eigenvalue weighted by molar-refractivity contribution is -0.160. The Balaban J connectivity index is 3.81. The predicted octanol–water partition coefficient (Wildman–Crippen LogP) is 1.80. The molecule has 0 aliphatic carbocycles. The largest absolute Gasteiger partial charge is 0.342 e. The summed E-state index contributed by atoms with van der Waals surface area (Å²) in [4.78, 5) is 0. The van der Waals surface area contributed by atoms with Crippen LogP contribution in [-0.4, -0.2) is 18.5 Å². The fraction of sp³-hybridized carbons (Fsp3) is 0.778. The summed E-state index contributed by atoms with van der Waals surface area (Å²) in [6.45, 7) is 8.28. The van der Waals surface area contributed by atoms with Gasteiger partial charge in [0, 0.05) is 6.61 Å². The molecule has 1 unspecified atom stereocenters. The van der Waals surface area contributed by atoms with Crippen LogP contribution >= 0.6 is 0 Å². The van der Waals surface area contributed by atoms with Crippen molar-refractivity contribution in [2.75, 3.05) is 6.61 Å². The molecule has 0 amide bonds. The van der Waals surface area contributed by atoms with Crippen molar-refractivity contribution in [3.8, 4) is 12.3 Å². The van der Waals surface area contributed by atoms with E-state index >= 15 is 0 Å². The number of hydrogen-bond donors (Lipinski definition) is 0. The van der Waals surface area contributed by atoms with Gasteiger partial charge in [-0.1, -0.05) is 0 Å². The topological polar surface area (TPSA) is 18.5 Å². The Morgan fingerprint density at radius 2 is 2.00 bits per heavy atom. The minimum Gasteiger partial charge on any atom is -0.342 e. The summed E-state index contributed by atoms with van der Waals surface area (Å²) >= 11 is 0. The molecule has 1 atom stereocenters. The number of ether oxygens (including phenoxy) is 2. The van der Waals surface area contributed by atoms with Crippen LogP contribution in [0.25, 0.3) is 0 Å². The average Bonchev–Trinajstić information content (AvgIpc) is 1.84. The SMILES string of the molecule is C#CC(OCC)OC(C)(C)C. The first-order chi connectivity index (χ1) is 4.99. The molecule has 0 saturated carbocycles. The molecule has 0 aromatic heterocycles. The Kier molecular flexibility index (Phi) is 4.17. The molecule has 2 heteroatoms. The van der Waals surface area contributed by atoms with Gasteiger partial charge in [-0.2, -0.15) is 0 Å². The third-order valence-corrected chi connectivity index (χ3v) is 0.915. The fourth-order valence-corrected chi connectivity index (χ4v) is 0.589. The third-order valence-electron chi connectivity index (χ3n) is 0.915. The second-order valence-electron chi connectivity index (χ2n) is 3.18. The lowest BCUT2D eigenvalue weighted by atomic mass is 10.2. The van der Waals surface area contributed by atoms with Crippen molar-refractivity contribution < 1.29 is 9.47 Å². The highest BCUT2D eigenvalue weighted by atomic mass is 16.7. The molecule has 0 rings (SSSR count). The summed E-state index contributed by atoms with van der Waals surface area (Å²) in [6.07, 6.45) is 4.65. The first kappa shape index (κ1) is 10.5. The van der Waals surface area contributed by atoms with Crippen molar-refractivity contribution in [2.24, 2.45) is 0 Å². The lowest BCUT2D eigenvalue weighted by Crippen LogP contribution is -2.28. The summed E-state index contributed by atoms with van der Waals surface area (Å²) in [5.74, 6) is 2.42. The van der Waals surface area contributed by atoms with Crippen molar-refractivity contribution in [1.29, 1.82) is 0 Å². The maximum Gasteiger partial charge on any atom is 0.222 e. The van der Waals surface area contributed by atoms with E-state index in [1.165, 1.54) is 0 Å². The smallest absolute Gasteiger partial charge is 0.222 e.